The first-order valence-electron chi connectivity index (χ1n) is 6.93. The molecule has 4 nitrogen and oxygen atoms in total. The average molecular weight is 260 g/mol. The number of rotatable bonds is 4. The lowest BCUT2D eigenvalue weighted by Crippen LogP contribution is -2.37. The van der Waals surface area contributed by atoms with Gasteiger partial charge in [0.15, 0.2) is 5.96 Å². The molecule has 0 aliphatic carbocycles. The third kappa shape index (κ3) is 3.40. The molecule has 104 valence electrons. The summed E-state index contributed by atoms with van der Waals surface area (Å²) in [5.41, 5.74) is 2.57. The number of hydrogen-bond acceptors (Lipinski definition) is 4. The van der Waals surface area contributed by atoms with Gasteiger partial charge in [-0.25, -0.2) is 0 Å². The van der Waals surface area contributed by atoms with E-state index in [1.165, 1.54) is 11.3 Å². The molecule has 1 aromatic rings. The van der Waals surface area contributed by atoms with Gasteiger partial charge in [0.1, 0.15) is 0 Å². The quantitative estimate of drug-likeness (QED) is 0.869. The molecule has 4 heteroatoms. The van der Waals surface area contributed by atoms with Crippen LogP contribution in [0.3, 0.4) is 0 Å². The van der Waals surface area contributed by atoms with Crippen molar-refractivity contribution in [1.82, 2.24) is 10.6 Å². The van der Waals surface area contributed by atoms with E-state index in [4.69, 9.17) is 0 Å². The zero-order valence-electron chi connectivity index (χ0n) is 12.3. The van der Waals surface area contributed by atoms with Crippen LogP contribution in [0.5, 0.6) is 0 Å². The molecule has 1 aromatic carbocycles. The summed E-state index contributed by atoms with van der Waals surface area (Å²) in [6.07, 6.45) is 0. The number of benzene rings is 1. The second-order valence-electron chi connectivity index (χ2n) is 5.42. The van der Waals surface area contributed by atoms with E-state index in [1.807, 2.05) is 0 Å². The smallest absolute Gasteiger partial charge is 0.191 e. The van der Waals surface area contributed by atoms with Crippen LogP contribution in [0.25, 0.3) is 0 Å². The van der Waals surface area contributed by atoms with E-state index in [2.05, 4.69) is 72.6 Å². The minimum absolute atomic E-state index is 0.441. The first kappa shape index (κ1) is 13.7. The van der Waals surface area contributed by atoms with Gasteiger partial charge in [0.2, 0.25) is 0 Å². The maximum absolute atomic E-state index is 4.42. The SMILES string of the molecule is CC1CN=C(NCc2ccccc2N(C)C(C)C)N1. The van der Waals surface area contributed by atoms with Crippen molar-refractivity contribution in [2.45, 2.75) is 39.4 Å². The average Bonchev–Trinajstić information content (AvgIpc) is 2.81. The van der Waals surface area contributed by atoms with Gasteiger partial charge in [-0.15, -0.1) is 0 Å². The van der Waals surface area contributed by atoms with Crippen molar-refractivity contribution in [3.05, 3.63) is 29.8 Å². The minimum Gasteiger partial charge on any atom is -0.372 e. The zero-order chi connectivity index (χ0) is 13.8. The topological polar surface area (TPSA) is 39.7 Å². The van der Waals surface area contributed by atoms with Crippen LogP contribution >= 0.6 is 0 Å². The molecule has 19 heavy (non-hydrogen) atoms. The van der Waals surface area contributed by atoms with Crippen molar-refractivity contribution in [2.75, 3.05) is 18.5 Å². The Morgan fingerprint density at radius 3 is 2.79 bits per heavy atom. The van der Waals surface area contributed by atoms with Crippen LogP contribution in [0.1, 0.15) is 26.3 Å². The van der Waals surface area contributed by atoms with Crippen molar-refractivity contribution in [3.63, 3.8) is 0 Å². The van der Waals surface area contributed by atoms with Gasteiger partial charge in [-0.1, -0.05) is 18.2 Å². The predicted octanol–water partition coefficient (Wildman–Crippen LogP) is 1.97. The van der Waals surface area contributed by atoms with Crippen LogP contribution in [-0.2, 0) is 6.54 Å². The molecule has 2 N–H and O–H groups in total. The van der Waals surface area contributed by atoms with Gasteiger partial charge in [-0.05, 0) is 32.4 Å². The van der Waals surface area contributed by atoms with Gasteiger partial charge in [0, 0.05) is 31.4 Å². The van der Waals surface area contributed by atoms with Gasteiger partial charge in [0.05, 0.1) is 6.54 Å². The highest BCUT2D eigenvalue weighted by Crippen LogP contribution is 2.20. The van der Waals surface area contributed by atoms with Gasteiger partial charge in [0.25, 0.3) is 0 Å². The number of anilines is 1. The first-order valence-corrected chi connectivity index (χ1v) is 6.93. The van der Waals surface area contributed by atoms with Gasteiger partial charge in [-0.2, -0.15) is 0 Å². The van der Waals surface area contributed by atoms with Crippen molar-refractivity contribution in [3.8, 4) is 0 Å². The molecule has 0 spiro atoms. The standard InChI is InChI=1S/C15H24N4/c1-11(2)19(4)14-8-6-5-7-13(14)10-17-15-16-9-12(3)18-15/h5-8,11-12H,9-10H2,1-4H3,(H2,16,17,18). The molecule has 0 fully saturated rings. The molecular formula is C15H24N4. The molecule has 0 bridgehead atoms. The molecule has 1 unspecified atom stereocenters. The second-order valence-corrected chi connectivity index (χ2v) is 5.42. The van der Waals surface area contributed by atoms with E-state index in [9.17, 15) is 0 Å². The van der Waals surface area contributed by atoms with Crippen LogP contribution in [0.15, 0.2) is 29.3 Å². The summed E-state index contributed by atoms with van der Waals surface area (Å²) in [5, 5.41) is 6.70. The van der Waals surface area contributed by atoms with E-state index in [1.54, 1.807) is 0 Å². The summed E-state index contributed by atoms with van der Waals surface area (Å²) in [6.45, 7) is 8.20. The lowest BCUT2D eigenvalue weighted by atomic mass is 10.1. The summed E-state index contributed by atoms with van der Waals surface area (Å²) in [6, 6.07) is 9.44. The molecule has 0 saturated carbocycles. The predicted molar refractivity (Wildman–Crippen MR) is 81.7 cm³/mol. The molecular weight excluding hydrogens is 236 g/mol. The minimum atomic E-state index is 0.441. The van der Waals surface area contributed by atoms with Crippen molar-refractivity contribution < 1.29 is 0 Å². The van der Waals surface area contributed by atoms with E-state index < -0.39 is 0 Å². The lowest BCUT2D eigenvalue weighted by molar-refractivity contribution is 0.711. The van der Waals surface area contributed by atoms with E-state index >= 15 is 0 Å². The van der Waals surface area contributed by atoms with E-state index in [0.29, 0.717) is 12.1 Å². The second kappa shape index (κ2) is 5.95. The lowest BCUT2D eigenvalue weighted by Gasteiger charge is -2.26. The molecule has 1 aliphatic rings. The summed E-state index contributed by atoms with van der Waals surface area (Å²) in [4.78, 5) is 6.72. The Hall–Kier alpha value is -1.71. The molecule has 2 rings (SSSR count). The third-order valence-corrected chi connectivity index (χ3v) is 3.50. The van der Waals surface area contributed by atoms with Gasteiger partial charge >= 0.3 is 0 Å². The number of nitrogens with one attached hydrogen (secondary N) is 2. The fraction of sp³-hybridized carbons (Fsp3) is 0.533. The highest BCUT2D eigenvalue weighted by molar-refractivity contribution is 5.81. The Kier molecular flexibility index (Phi) is 4.30. The Morgan fingerprint density at radius 1 is 1.42 bits per heavy atom. The molecule has 1 heterocycles. The number of aliphatic imine (C=N–C) groups is 1. The molecule has 1 atom stereocenters. The summed E-state index contributed by atoms with van der Waals surface area (Å²) < 4.78 is 0. The highest BCUT2D eigenvalue weighted by Gasteiger charge is 2.13. The van der Waals surface area contributed by atoms with E-state index in [-0.39, 0.29) is 0 Å². The Morgan fingerprint density at radius 2 is 2.16 bits per heavy atom. The Labute approximate surface area is 115 Å². The van der Waals surface area contributed by atoms with Crippen LogP contribution in [0.4, 0.5) is 5.69 Å². The maximum Gasteiger partial charge on any atom is 0.191 e. The summed E-state index contributed by atoms with van der Waals surface area (Å²) in [5.74, 6) is 0.912. The van der Waals surface area contributed by atoms with Crippen molar-refractivity contribution in [1.29, 1.82) is 0 Å². The number of guanidine groups is 1. The molecule has 0 aromatic heterocycles. The monoisotopic (exact) mass is 260 g/mol. The number of nitrogens with zero attached hydrogens (tertiary/aromatic N) is 2. The first-order chi connectivity index (χ1) is 9.08. The van der Waals surface area contributed by atoms with Crippen LogP contribution in [0, 0.1) is 0 Å². The Bertz CT molecular complexity index is 453. The maximum atomic E-state index is 4.42. The largest absolute Gasteiger partial charge is 0.372 e. The number of para-hydroxylation sites is 1. The van der Waals surface area contributed by atoms with Crippen LogP contribution < -0.4 is 15.5 Å². The van der Waals surface area contributed by atoms with E-state index in [0.717, 1.165) is 19.0 Å². The zero-order valence-corrected chi connectivity index (χ0v) is 12.3. The molecule has 0 radical (unpaired) electrons. The highest BCUT2D eigenvalue weighted by atomic mass is 15.2. The van der Waals surface area contributed by atoms with Gasteiger partial charge in [-0.3, -0.25) is 4.99 Å². The molecule has 0 saturated heterocycles. The van der Waals surface area contributed by atoms with Gasteiger partial charge < -0.3 is 15.5 Å². The Balaban J connectivity index is 2.04. The fourth-order valence-electron chi connectivity index (χ4n) is 2.12. The van der Waals surface area contributed by atoms with Crippen molar-refractivity contribution >= 4 is 11.6 Å². The summed E-state index contributed by atoms with van der Waals surface area (Å²) >= 11 is 0. The third-order valence-electron chi connectivity index (χ3n) is 3.50. The normalized spacial score (nSPS) is 18.2. The molecule has 0 amide bonds. The molecule has 1 aliphatic heterocycles. The van der Waals surface area contributed by atoms with Crippen molar-refractivity contribution in [2.24, 2.45) is 4.99 Å². The number of hydrogen-bond donors (Lipinski definition) is 2. The van der Waals surface area contributed by atoms with Crippen LogP contribution in [0.2, 0.25) is 0 Å². The van der Waals surface area contributed by atoms with Crippen LogP contribution in [-0.4, -0.2) is 31.6 Å². The fourth-order valence-corrected chi connectivity index (χ4v) is 2.12. The summed E-state index contributed by atoms with van der Waals surface area (Å²) in [7, 11) is 2.14.